The Morgan fingerprint density at radius 1 is 1.25 bits per heavy atom. The summed E-state index contributed by atoms with van der Waals surface area (Å²) in [4.78, 5) is 6.59. The Hall–Kier alpha value is -0.900. The van der Waals surface area contributed by atoms with E-state index >= 15 is 0 Å². The smallest absolute Gasteiger partial charge is 0.191 e. The third-order valence-electron chi connectivity index (χ3n) is 5.07. The van der Waals surface area contributed by atoms with Gasteiger partial charge in [-0.2, -0.15) is 0 Å². The Balaban J connectivity index is 0.00000392. The van der Waals surface area contributed by atoms with E-state index in [1.807, 2.05) is 7.05 Å². The Kier molecular flexibility index (Phi) is 12.7. The van der Waals surface area contributed by atoms with Crippen LogP contribution in [0.1, 0.15) is 30.1 Å². The van der Waals surface area contributed by atoms with Crippen molar-refractivity contribution in [1.29, 1.82) is 0 Å². The average Bonchev–Trinajstić information content (AvgIpc) is 2.70. The van der Waals surface area contributed by atoms with E-state index in [1.54, 1.807) is 7.11 Å². The van der Waals surface area contributed by atoms with E-state index in [4.69, 9.17) is 9.47 Å². The molecule has 0 bridgehead atoms. The molecule has 7 heteroatoms. The first-order valence-electron chi connectivity index (χ1n) is 9.94. The summed E-state index contributed by atoms with van der Waals surface area (Å²) in [6.07, 6.45) is 2.44. The van der Waals surface area contributed by atoms with Gasteiger partial charge in [0.15, 0.2) is 5.96 Å². The fourth-order valence-corrected chi connectivity index (χ4v) is 3.35. The van der Waals surface area contributed by atoms with E-state index in [1.165, 1.54) is 17.5 Å². The second-order valence-electron chi connectivity index (χ2n) is 7.28. The number of benzene rings is 1. The van der Waals surface area contributed by atoms with Gasteiger partial charge in [0.2, 0.25) is 0 Å². The molecule has 1 saturated heterocycles. The van der Waals surface area contributed by atoms with E-state index in [0.29, 0.717) is 5.92 Å². The fourth-order valence-electron chi connectivity index (χ4n) is 3.35. The van der Waals surface area contributed by atoms with Gasteiger partial charge in [-0.25, -0.2) is 0 Å². The van der Waals surface area contributed by atoms with Gasteiger partial charge in [-0.05, 0) is 32.4 Å². The lowest BCUT2D eigenvalue weighted by molar-refractivity contribution is -0.0265. The van der Waals surface area contributed by atoms with Crippen LogP contribution in [0.5, 0.6) is 0 Å². The van der Waals surface area contributed by atoms with Gasteiger partial charge in [-0.1, -0.05) is 29.8 Å². The van der Waals surface area contributed by atoms with Crippen molar-refractivity contribution in [2.45, 2.75) is 25.9 Å². The van der Waals surface area contributed by atoms with Gasteiger partial charge in [0.05, 0.1) is 12.7 Å². The average molecular weight is 504 g/mol. The van der Waals surface area contributed by atoms with Crippen LogP contribution in [0.25, 0.3) is 0 Å². The molecule has 2 atom stereocenters. The number of nitrogens with one attached hydrogen (secondary N) is 2. The molecule has 1 heterocycles. The van der Waals surface area contributed by atoms with Crippen molar-refractivity contribution in [2.24, 2.45) is 10.9 Å². The highest BCUT2D eigenvalue weighted by molar-refractivity contribution is 14.0. The summed E-state index contributed by atoms with van der Waals surface area (Å²) in [6, 6.07) is 8.72. The maximum atomic E-state index is 6.11. The number of halogens is 1. The van der Waals surface area contributed by atoms with E-state index < -0.39 is 0 Å². The van der Waals surface area contributed by atoms with Gasteiger partial charge in [0.1, 0.15) is 0 Å². The maximum Gasteiger partial charge on any atom is 0.191 e. The fraction of sp³-hybridized carbons (Fsp3) is 0.667. The molecular formula is C21H37IN4O2. The standard InChI is InChI=1S/C21H36N4O2.HI/c1-17-7-9-18(10-8-17)20-19(6-5-14-27-20)16-24-21(22-2)23-11-12-25(3)13-15-26-4;/h7-10,19-20H,5-6,11-16H2,1-4H3,(H2,22,23,24);1H. The Bertz CT molecular complexity index is 568. The molecule has 0 aliphatic carbocycles. The van der Waals surface area contributed by atoms with Crippen molar-refractivity contribution in [3.05, 3.63) is 35.4 Å². The van der Waals surface area contributed by atoms with Crippen LogP contribution in [0.3, 0.4) is 0 Å². The summed E-state index contributed by atoms with van der Waals surface area (Å²) in [7, 11) is 5.65. The van der Waals surface area contributed by atoms with Gasteiger partial charge in [0, 0.05) is 52.9 Å². The molecule has 0 amide bonds. The summed E-state index contributed by atoms with van der Waals surface area (Å²) < 4.78 is 11.2. The van der Waals surface area contributed by atoms with Crippen LogP contribution in [0.2, 0.25) is 0 Å². The van der Waals surface area contributed by atoms with Crippen LogP contribution in [-0.4, -0.2) is 71.5 Å². The minimum Gasteiger partial charge on any atom is -0.383 e. The van der Waals surface area contributed by atoms with Crippen molar-refractivity contribution < 1.29 is 9.47 Å². The predicted octanol–water partition coefficient (Wildman–Crippen LogP) is 2.82. The third kappa shape index (κ3) is 8.63. The van der Waals surface area contributed by atoms with Crippen LogP contribution < -0.4 is 10.6 Å². The van der Waals surface area contributed by atoms with Gasteiger partial charge in [-0.15, -0.1) is 24.0 Å². The van der Waals surface area contributed by atoms with Crippen LogP contribution in [0, 0.1) is 12.8 Å². The van der Waals surface area contributed by atoms with Crippen LogP contribution >= 0.6 is 24.0 Å². The monoisotopic (exact) mass is 504 g/mol. The number of guanidine groups is 1. The molecule has 1 aliphatic heterocycles. The molecule has 1 aromatic carbocycles. The molecule has 0 aromatic heterocycles. The van der Waals surface area contributed by atoms with Crippen LogP contribution in [0.4, 0.5) is 0 Å². The van der Waals surface area contributed by atoms with Crippen LogP contribution in [-0.2, 0) is 9.47 Å². The number of ether oxygens (including phenoxy) is 2. The van der Waals surface area contributed by atoms with Gasteiger partial charge >= 0.3 is 0 Å². The molecule has 2 unspecified atom stereocenters. The number of methoxy groups -OCH3 is 1. The van der Waals surface area contributed by atoms with Crippen molar-refractivity contribution in [3.8, 4) is 0 Å². The topological polar surface area (TPSA) is 58.1 Å². The minimum absolute atomic E-state index is 0. The Labute approximate surface area is 187 Å². The first-order valence-corrected chi connectivity index (χ1v) is 9.94. The molecule has 1 fully saturated rings. The van der Waals surface area contributed by atoms with Gasteiger partial charge < -0.3 is 25.0 Å². The molecule has 0 radical (unpaired) electrons. The summed E-state index contributed by atoms with van der Waals surface area (Å²) in [6.45, 7) is 7.30. The lowest BCUT2D eigenvalue weighted by atomic mass is 9.89. The Morgan fingerprint density at radius 2 is 2.00 bits per heavy atom. The first-order chi connectivity index (χ1) is 13.1. The zero-order valence-corrected chi connectivity index (χ0v) is 20.1. The number of aliphatic imine (C=N–C) groups is 1. The number of rotatable bonds is 9. The largest absolute Gasteiger partial charge is 0.383 e. The van der Waals surface area contributed by atoms with E-state index in [2.05, 4.69) is 58.8 Å². The van der Waals surface area contributed by atoms with Crippen molar-refractivity contribution >= 4 is 29.9 Å². The summed E-state index contributed by atoms with van der Waals surface area (Å²) in [5.74, 6) is 1.30. The first kappa shape index (κ1) is 25.1. The molecule has 0 spiro atoms. The number of aryl methyl sites for hydroxylation is 1. The number of hydrogen-bond donors (Lipinski definition) is 2. The third-order valence-corrected chi connectivity index (χ3v) is 5.07. The van der Waals surface area contributed by atoms with E-state index in [9.17, 15) is 0 Å². The summed E-state index contributed by atoms with van der Waals surface area (Å²) >= 11 is 0. The normalized spacial score (nSPS) is 20.0. The molecule has 0 saturated carbocycles. The SMILES string of the molecule is CN=C(NCCN(C)CCOC)NCC1CCCOC1c1ccc(C)cc1.I. The van der Waals surface area contributed by atoms with Gasteiger partial charge in [0.25, 0.3) is 0 Å². The number of likely N-dealkylation sites (N-methyl/N-ethyl adjacent to an activating group) is 1. The lowest BCUT2D eigenvalue weighted by Crippen LogP contribution is -2.44. The second-order valence-corrected chi connectivity index (χ2v) is 7.28. The second kappa shape index (κ2) is 14.1. The molecule has 160 valence electrons. The van der Waals surface area contributed by atoms with Crippen molar-refractivity contribution in [1.82, 2.24) is 15.5 Å². The highest BCUT2D eigenvalue weighted by atomic mass is 127. The quantitative estimate of drug-likeness (QED) is 0.308. The summed E-state index contributed by atoms with van der Waals surface area (Å²) in [5, 5.41) is 6.88. The van der Waals surface area contributed by atoms with Gasteiger partial charge in [-0.3, -0.25) is 4.99 Å². The lowest BCUT2D eigenvalue weighted by Gasteiger charge is -2.32. The van der Waals surface area contributed by atoms with Crippen molar-refractivity contribution in [3.63, 3.8) is 0 Å². The molecule has 6 nitrogen and oxygen atoms in total. The Morgan fingerprint density at radius 3 is 2.68 bits per heavy atom. The predicted molar refractivity (Wildman–Crippen MR) is 127 cm³/mol. The molecule has 1 aliphatic rings. The van der Waals surface area contributed by atoms with E-state index in [-0.39, 0.29) is 30.1 Å². The van der Waals surface area contributed by atoms with E-state index in [0.717, 1.165) is 51.8 Å². The summed E-state index contributed by atoms with van der Waals surface area (Å²) in [5.41, 5.74) is 2.55. The maximum absolute atomic E-state index is 6.11. The highest BCUT2D eigenvalue weighted by Gasteiger charge is 2.27. The molecular weight excluding hydrogens is 467 g/mol. The highest BCUT2D eigenvalue weighted by Crippen LogP contribution is 2.33. The zero-order chi connectivity index (χ0) is 19.5. The molecule has 1 aromatic rings. The minimum atomic E-state index is 0. The number of nitrogens with zero attached hydrogens (tertiary/aromatic N) is 2. The molecule has 2 N–H and O–H groups in total. The van der Waals surface area contributed by atoms with Crippen molar-refractivity contribution in [2.75, 3.05) is 60.6 Å². The van der Waals surface area contributed by atoms with Crippen LogP contribution in [0.15, 0.2) is 29.3 Å². The zero-order valence-electron chi connectivity index (χ0n) is 17.7. The number of hydrogen-bond acceptors (Lipinski definition) is 4. The molecule has 2 rings (SSSR count). The molecule has 28 heavy (non-hydrogen) atoms.